The molecule has 0 amide bonds. The second kappa shape index (κ2) is 12.8. The van der Waals surface area contributed by atoms with E-state index in [2.05, 4.69) is 180 Å². The van der Waals surface area contributed by atoms with Crippen LogP contribution in [0.15, 0.2) is 187 Å². The van der Waals surface area contributed by atoms with Crippen molar-refractivity contribution in [3.05, 3.63) is 215 Å². The second-order valence-corrected chi connectivity index (χ2v) is 13.3. The molecule has 1 heteroatoms. The summed E-state index contributed by atoms with van der Waals surface area (Å²) in [6.07, 6.45) is 16.5. The van der Waals surface area contributed by atoms with E-state index in [-0.39, 0.29) is 0 Å². The zero-order valence-electron chi connectivity index (χ0n) is 29.0. The summed E-state index contributed by atoms with van der Waals surface area (Å²) in [5.41, 5.74) is 17.4. The van der Waals surface area contributed by atoms with E-state index >= 15 is 0 Å². The van der Waals surface area contributed by atoms with Crippen molar-refractivity contribution < 1.29 is 0 Å². The summed E-state index contributed by atoms with van der Waals surface area (Å²) >= 11 is 0. The molecule has 6 aromatic carbocycles. The smallest absolute Gasteiger partial charge is 0.0726 e. The minimum Gasteiger partial charge on any atom is -0.310 e. The molecule has 0 aliphatic heterocycles. The van der Waals surface area contributed by atoms with Gasteiger partial charge in [-0.3, -0.25) is 0 Å². The second-order valence-electron chi connectivity index (χ2n) is 13.3. The van der Waals surface area contributed by atoms with Crippen molar-refractivity contribution in [3.8, 4) is 46.4 Å². The molecule has 0 atom stereocenters. The van der Waals surface area contributed by atoms with E-state index in [0.717, 1.165) is 39.3 Å². The Labute approximate surface area is 306 Å². The maximum Gasteiger partial charge on any atom is 0.0726 e. The van der Waals surface area contributed by atoms with Crippen molar-refractivity contribution in [1.82, 2.24) is 0 Å². The van der Waals surface area contributed by atoms with Crippen molar-refractivity contribution in [2.75, 3.05) is 4.90 Å². The molecule has 0 bridgehead atoms. The Balaban J connectivity index is 1.20. The van der Waals surface area contributed by atoms with Gasteiger partial charge in [-0.1, -0.05) is 151 Å². The van der Waals surface area contributed by atoms with Crippen LogP contribution in [0.25, 0.3) is 27.8 Å². The summed E-state index contributed by atoms with van der Waals surface area (Å²) in [4.78, 5) is 2.41. The Morgan fingerprint density at radius 1 is 0.654 bits per heavy atom. The van der Waals surface area contributed by atoms with Gasteiger partial charge in [0.1, 0.15) is 0 Å². The number of allylic oxidation sites excluding steroid dienone is 8. The van der Waals surface area contributed by atoms with Crippen molar-refractivity contribution in [2.45, 2.75) is 18.8 Å². The van der Waals surface area contributed by atoms with Crippen LogP contribution < -0.4 is 4.90 Å². The fourth-order valence-electron chi connectivity index (χ4n) is 8.42. The quantitative estimate of drug-likeness (QED) is 0.127. The number of rotatable bonds is 6. The van der Waals surface area contributed by atoms with Crippen LogP contribution in [0.1, 0.15) is 41.2 Å². The topological polar surface area (TPSA) is 3.24 Å². The molecule has 0 radical (unpaired) electrons. The van der Waals surface area contributed by atoms with Crippen molar-refractivity contribution in [3.63, 3.8) is 0 Å². The molecule has 6 aromatic rings. The van der Waals surface area contributed by atoms with E-state index in [9.17, 15) is 0 Å². The number of benzene rings is 6. The van der Waals surface area contributed by atoms with Gasteiger partial charge < -0.3 is 4.90 Å². The van der Waals surface area contributed by atoms with Gasteiger partial charge in [0.25, 0.3) is 0 Å². The first-order valence-electron chi connectivity index (χ1n) is 17.8. The molecule has 244 valence electrons. The minimum absolute atomic E-state index is 0.401. The van der Waals surface area contributed by atoms with Gasteiger partial charge >= 0.3 is 0 Å². The van der Waals surface area contributed by atoms with Crippen LogP contribution in [0.3, 0.4) is 0 Å². The largest absolute Gasteiger partial charge is 0.310 e. The van der Waals surface area contributed by atoms with E-state index in [0.29, 0.717) is 6.42 Å². The molecule has 1 nitrogen and oxygen atoms in total. The number of hydrogen-bond donors (Lipinski definition) is 0. The molecule has 0 N–H and O–H groups in total. The molecule has 0 aromatic heterocycles. The minimum atomic E-state index is -0.401. The van der Waals surface area contributed by atoms with E-state index < -0.39 is 5.41 Å². The predicted molar refractivity (Wildman–Crippen MR) is 218 cm³/mol. The number of nitrogens with zero attached hydrogens (tertiary/aromatic N) is 1. The molecular weight excluding hydrogens is 627 g/mol. The van der Waals surface area contributed by atoms with Crippen LogP contribution >= 0.6 is 0 Å². The lowest BCUT2D eigenvalue weighted by atomic mass is 9.70. The maximum atomic E-state index is 5.83. The summed E-state index contributed by atoms with van der Waals surface area (Å²) in [5, 5.41) is 0. The molecule has 0 heterocycles. The molecular formula is C51H35N. The molecule has 1 spiro atoms. The first-order valence-corrected chi connectivity index (χ1v) is 17.8. The van der Waals surface area contributed by atoms with E-state index in [4.69, 9.17) is 6.42 Å². The molecule has 52 heavy (non-hydrogen) atoms. The summed E-state index contributed by atoms with van der Waals surface area (Å²) in [5.74, 6) is 9.42. The molecule has 0 fully saturated rings. The molecule has 3 aliphatic carbocycles. The lowest BCUT2D eigenvalue weighted by Gasteiger charge is -2.31. The van der Waals surface area contributed by atoms with Crippen molar-refractivity contribution in [1.29, 1.82) is 0 Å². The molecule has 9 rings (SSSR count). The van der Waals surface area contributed by atoms with Crippen LogP contribution in [0.2, 0.25) is 0 Å². The first kappa shape index (κ1) is 31.2. The van der Waals surface area contributed by atoms with Gasteiger partial charge in [0.15, 0.2) is 0 Å². The summed E-state index contributed by atoms with van der Waals surface area (Å²) < 4.78 is 0. The van der Waals surface area contributed by atoms with E-state index in [1.165, 1.54) is 44.5 Å². The van der Waals surface area contributed by atoms with Gasteiger partial charge in [-0.05, 0) is 99.5 Å². The van der Waals surface area contributed by atoms with Crippen LogP contribution in [0.4, 0.5) is 17.1 Å². The van der Waals surface area contributed by atoms with E-state index in [1.54, 1.807) is 0 Å². The van der Waals surface area contributed by atoms with Gasteiger partial charge in [-0.2, -0.15) is 0 Å². The van der Waals surface area contributed by atoms with Crippen molar-refractivity contribution >= 4 is 22.6 Å². The Morgan fingerprint density at radius 2 is 1.25 bits per heavy atom. The van der Waals surface area contributed by atoms with E-state index in [1.807, 2.05) is 25.2 Å². The van der Waals surface area contributed by atoms with Gasteiger partial charge in [-0.25, -0.2) is 0 Å². The monoisotopic (exact) mass is 661 g/mol. The van der Waals surface area contributed by atoms with Crippen LogP contribution in [-0.4, -0.2) is 0 Å². The maximum absolute atomic E-state index is 5.83. The first-order chi connectivity index (χ1) is 25.7. The SMILES string of the molecule is C#C/C(=C\C=C/C)C1=CC=C(c2ccc(N(c3ccccc3)c3cccc4c3-c3ccccc3C43c4ccccc4-c4ccccc43)cc2)CC#C1. The zero-order chi connectivity index (χ0) is 35.1. The average Bonchev–Trinajstić information content (AvgIpc) is 3.54. The Hall–Kier alpha value is -6.80. The van der Waals surface area contributed by atoms with Crippen LogP contribution in [0.5, 0.6) is 0 Å². The third-order valence-electron chi connectivity index (χ3n) is 10.6. The highest BCUT2D eigenvalue weighted by atomic mass is 15.1. The highest BCUT2D eigenvalue weighted by Crippen LogP contribution is 2.64. The molecule has 0 unspecified atom stereocenters. The van der Waals surface area contributed by atoms with Gasteiger partial charge in [0.2, 0.25) is 0 Å². The third kappa shape index (κ3) is 4.75. The fourth-order valence-corrected chi connectivity index (χ4v) is 8.42. The predicted octanol–water partition coefficient (Wildman–Crippen LogP) is 12.4. The third-order valence-corrected chi connectivity index (χ3v) is 10.6. The molecule has 0 saturated carbocycles. The van der Waals surface area contributed by atoms with Crippen LogP contribution in [-0.2, 0) is 5.41 Å². The Kier molecular flexibility index (Phi) is 7.69. The van der Waals surface area contributed by atoms with Gasteiger partial charge in [-0.15, -0.1) is 6.42 Å². The normalized spacial score (nSPS) is 14.6. The van der Waals surface area contributed by atoms with Gasteiger partial charge in [0.05, 0.1) is 11.1 Å². The number of terminal acetylenes is 1. The van der Waals surface area contributed by atoms with Crippen molar-refractivity contribution in [2.24, 2.45) is 0 Å². The molecule has 0 saturated heterocycles. The lowest BCUT2D eigenvalue weighted by molar-refractivity contribution is 0.794. The zero-order valence-corrected chi connectivity index (χ0v) is 29.0. The highest BCUT2D eigenvalue weighted by molar-refractivity contribution is 6.01. The number of fused-ring (bicyclic) bond motifs is 10. The summed E-state index contributed by atoms with van der Waals surface area (Å²) in [6.45, 7) is 1.98. The lowest BCUT2D eigenvalue weighted by Crippen LogP contribution is -2.26. The number of para-hydroxylation sites is 1. The van der Waals surface area contributed by atoms with Crippen LogP contribution in [0, 0.1) is 24.2 Å². The standard InChI is InChI=1S/C51H35N/c1-3-5-17-36(4-2)37-18-15-19-38(31-30-37)39-32-34-41(35-33-39)52(40-20-7-6-8-21-40)49-29-16-28-48-50(49)44-24-11-14-27-47(44)51(48)45-25-12-9-22-42(45)43-23-10-13-26-46(43)51/h2-3,5-14,16-17,20-35H,19H2,1H3/b5-3-,36-17+. The molecule has 3 aliphatic rings. The average molecular weight is 662 g/mol. The number of hydrogen-bond acceptors (Lipinski definition) is 1. The Bertz CT molecular complexity index is 2560. The Morgan fingerprint density at radius 3 is 1.92 bits per heavy atom. The summed E-state index contributed by atoms with van der Waals surface area (Å²) in [7, 11) is 0. The number of anilines is 3. The highest BCUT2D eigenvalue weighted by Gasteiger charge is 2.52. The summed E-state index contributed by atoms with van der Waals surface area (Å²) in [6, 6.07) is 53.5. The fraction of sp³-hybridized carbons (Fsp3) is 0.0588. The van der Waals surface area contributed by atoms with Gasteiger partial charge in [0, 0.05) is 34.5 Å².